The lowest BCUT2D eigenvalue weighted by Gasteiger charge is -2.05. The fraction of sp³-hybridized carbons (Fsp3) is 0.133. The average molecular weight is 255 g/mol. The minimum atomic E-state index is 0.869. The van der Waals surface area contributed by atoms with Crippen LogP contribution in [0.15, 0.2) is 42.6 Å². The lowest BCUT2D eigenvalue weighted by atomic mass is 10.1. The SMILES string of the molecule is COc1cccc2cc(-c3ccc(C)s3)ncc12. The van der Waals surface area contributed by atoms with Crippen LogP contribution in [0.3, 0.4) is 0 Å². The number of rotatable bonds is 2. The van der Waals surface area contributed by atoms with Gasteiger partial charge in [-0.15, -0.1) is 11.3 Å². The molecule has 0 aliphatic heterocycles. The van der Waals surface area contributed by atoms with Crippen molar-refractivity contribution in [2.75, 3.05) is 7.11 Å². The Labute approximate surface area is 110 Å². The highest BCUT2D eigenvalue weighted by molar-refractivity contribution is 7.15. The van der Waals surface area contributed by atoms with Gasteiger partial charge in [0.25, 0.3) is 0 Å². The van der Waals surface area contributed by atoms with Gasteiger partial charge in [0.1, 0.15) is 5.75 Å². The summed E-state index contributed by atoms with van der Waals surface area (Å²) in [6.07, 6.45) is 1.89. The molecular weight excluding hydrogens is 242 g/mol. The van der Waals surface area contributed by atoms with Crippen molar-refractivity contribution >= 4 is 22.1 Å². The number of aromatic nitrogens is 1. The van der Waals surface area contributed by atoms with Crippen molar-refractivity contribution in [2.45, 2.75) is 6.92 Å². The van der Waals surface area contributed by atoms with E-state index >= 15 is 0 Å². The van der Waals surface area contributed by atoms with Gasteiger partial charge in [-0.2, -0.15) is 0 Å². The Morgan fingerprint density at radius 2 is 2.06 bits per heavy atom. The first kappa shape index (κ1) is 11.2. The predicted molar refractivity (Wildman–Crippen MR) is 76.3 cm³/mol. The first-order valence-electron chi connectivity index (χ1n) is 5.77. The molecule has 18 heavy (non-hydrogen) atoms. The number of nitrogens with zero attached hydrogens (tertiary/aromatic N) is 1. The van der Waals surface area contributed by atoms with Gasteiger partial charge in [-0.3, -0.25) is 4.98 Å². The smallest absolute Gasteiger partial charge is 0.128 e. The fourth-order valence-electron chi connectivity index (χ4n) is 2.03. The van der Waals surface area contributed by atoms with E-state index in [1.165, 1.54) is 9.75 Å². The van der Waals surface area contributed by atoms with Crippen LogP contribution in [0, 0.1) is 6.92 Å². The highest BCUT2D eigenvalue weighted by atomic mass is 32.1. The van der Waals surface area contributed by atoms with Crippen LogP contribution in [0.4, 0.5) is 0 Å². The number of ether oxygens (including phenoxy) is 1. The Morgan fingerprint density at radius 1 is 1.17 bits per heavy atom. The van der Waals surface area contributed by atoms with E-state index in [9.17, 15) is 0 Å². The van der Waals surface area contributed by atoms with Crippen LogP contribution in [0.25, 0.3) is 21.3 Å². The molecule has 0 aliphatic rings. The molecule has 90 valence electrons. The average Bonchev–Trinajstić information content (AvgIpc) is 2.84. The molecule has 2 nitrogen and oxygen atoms in total. The molecule has 3 aromatic rings. The van der Waals surface area contributed by atoms with Crippen molar-refractivity contribution in [3.05, 3.63) is 47.5 Å². The Morgan fingerprint density at radius 3 is 2.78 bits per heavy atom. The van der Waals surface area contributed by atoms with Crippen LogP contribution in [-0.2, 0) is 0 Å². The monoisotopic (exact) mass is 255 g/mol. The summed E-state index contributed by atoms with van der Waals surface area (Å²) < 4.78 is 5.34. The molecule has 0 spiro atoms. The second kappa shape index (κ2) is 4.42. The summed E-state index contributed by atoms with van der Waals surface area (Å²) in [4.78, 5) is 7.04. The number of aryl methyl sites for hydroxylation is 1. The minimum absolute atomic E-state index is 0.869. The van der Waals surface area contributed by atoms with Crippen LogP contribution in [0.1, 0.15) is 4.88 Å². The molecule has 0 unspecified atom stereocenters. The second-order valence-electron chi connectivity index (χ2n) is 4.16. The summed E-state index contributed by atoms with van der Waals surface area (Å²) in [5, 5.41) is 2.21. The maximum atomic E-state index is 5.34. The van der Waals surface area contributed by atoms with Crippen molar-refractivity contribution in [2.24, 2.45) is 0 Å². The van der Waals surface area contributed by atoms with E-state index in [2.05, 4.69) is 36.2 Å². The summed E-state index contributed by atoms with van der Waals surface area (Å²) in [5.41, 5.74) is 1.02. The molecular formula is C15H13NOS. The van der Waals surface area contributed by atoms with Crippen LogP contribution < -0.4 is 4.74 Å². The van der Waals surface area contributed by atoms with Crippen molar-refractivity contribution in [1.29, 1.82) is 0 Å². The molecule has 3 rings (SSSR count). The number of hydrogen-bond acceptors (Lipinski definition) is 3. The zero-order valence-corrected chi connectivity index (χ0v) is 11.1. The van der Waals surface area contributed by atoms with E-state index in [-0.39, 0.29) is 0 Å². The van der Waals surface area contributed by atoms with E-state index < -0.39 is 0 Å². The highest BCUT2D eigenvalue weighted by Crippen LogP contribution is 2.31. The summed E-state index contributed by atoms with van der Waals surface area (Å²) >= 11 is 1.77. The minimum Gasteiger partial charge on any atom is -0.496 e. The molecule has 0 saturated carbocycles. The van der Waals surface area contributed by atoms with E-state index in [0.29, 0.717) is 0 Å². The van der Waals surface area contributed by atoms with Gasteiger partial charge >= 0.3 is 0 Å². The molecule has 0 bridgehead atoms. The quantitative estimate of drug-likeness (QED) is 0.682. The van der Waals surface area contributed by atoms with E-state index in [1.807, 2.05) is 18.3 Å². The Kier molecular flexibility index (Phi) is 2.76. The Balaban J connectivity index is 2.17. The summed E-state index contributed by atoms with van der Waals surface area (Å²) in [6.45, 7) is 2.11. The highest BCUT2D eigenvalue weighted by Gasteiger charge is 2.06. The molecule has 1 aromatic carbocycles. The number of thiophene rings is 1. The zero-order chi connectivity index (χ0) is 12.5. The summed E-state index contributed by atoms with van der Waals surface area (Å²) in [7, 11) is 1.69. The molecule has 2 aromatic heterocycles. The topological polar surface area (TPSA) is 22.1 Å². The molecule has 3 heteroatoms. The summed E-state index contributed by atoms with van der Waals surface area (Å²) in [6, 6.07) is 12.4. The van der Waals surface area contributed by atoms with Gasteiger partial charge < -0.3 is 4.74 Å². The number of fused-ring (bicyclic) bond motifs is 1. The normalized spacial score (nSPS) is 10.8. The third-order valence-electron chi connectivity index (χ3n) is 2.94. The van der Waals surface area contributed by atoms with E-state index in [1.54, 1.807) is 18.4 Å². The number of hydrogen-bond donors (Lipinski definition) is 0. The number of methoxy groups -OCH3 is 1. The zero-order valence-electron chi connectivity index (χ0n) is 10.3. The number of benzene rings is 1. The second-order valence-corrected chi connectivity index (χ2v) is 5.45. The predicted octanol–water partition coefficient (Wildman–Crippen LogP) is 4.28. The van der Waals surface area contributed by atoms with Crippen LogP contribution in [-0.4, -0.2) is 12.1 Å². The molecule has 2 heterocycles. The van der Waals surface area contributed by atoms with Gasteiger partial charge in [0, 0.05) is 16.5 Å². The first-order chi connectivity index (χ1) is 8.78. The molecule has 0 fully saturated rings. The Bertz CT molecular complexity index is 703. The third-order valence-corrected chi connectivity index (χ3v) is 3.96. The van der Waals surface area contributed by atoms with Gasteiger partial charge in [-0.05, 0) is 36.6 Å². The molecule has 0 saturated heterocycles. The third kappa shape index (κ3) is 1.87. The number of pyridine rings is 1. The first-order valence-corrected chi connectivity index (χ1v) is 6.59. The van der Waals surface area contributed by atoms with Gasteiger partial charge in [-0.25, -0.2) is 0 Å². The van der Waals surface area contributed by atoms with Crippen molar-refractivity contribution in [3.63, 3.8) is 0 Å². The van der Waals surface area contributed by atoms with Crippen molar-refractivity contribution in [1.82, 2.24) is 4.98 Å². The largest absolute Gasteiger partial charge is 0.496 e. The van der Waals surface area contributed by atoms with Crippen LogP contribution >= 0.6 is 11.3 Å². The molecule has 0 aliphatic carbocycles. The van der Waals surface area contributed by atoms with Gasteiger partial charge in [0.15, 0.2) is 0 Å². The van der Waals surface area contributed by atoms with Gasteiger partial charge in [0.2, 0.25) is 0 Å². The molecule has 0 N–H and O–H groups in total. The van der Waals surface area contributed by atoms with Crippen molar-refractivity contribution < 1.29 is 4.74 Å². The maximum absolute atomic E-state index is 5.34. The van der Waals surface area contributed by atoms with Crippen molar-refractivity contribution in [3.8, 4) is 16.3 Å². The molecule has 0 atom stereocenters. The van der Waals surface area contributed by atoms with Crippen LogP contribution in [0.5, 0.6) is 5.75 Å². The molecule has 0 radical (unpaired) electrons. The van der Waals surface area contributed by atoms with E-state index in [4.69, 9.17) is 4.74 Å². The lowest BCUT2D eigenvalue weighted by Crippen LogP contribution is -1.87. The van der Waals surface area contributed by atoms with Gasteiger partial charge in [0.05, 0.1) is 17.7 Å². The maximum Gasteiger partial charge on any atom is 0.128 e. The fourth-order valence-corrected chi connectivity index (χ4v) is 2.86. The van der Waals surface area contributed by atoms with E-state index in [0.717, 1.165) is 22.2 Å². The van der Waals surface area contributed by atoms with Crippen LogP contribution in [0.2, 0.25) is 0 Å². The molecule has 0 amide bonds. The Hall–Kier alpha value is -1.87. The summed E-state index contributed by atoms with van der Waals surface area (Å²) in [5.74, 6) is 0.869. The lowest BCUT2D eigenvalue weighted by molar-refractivity contribution is 0.419. The van der Waals surface area contributed by atoms with Gasteiger partial charge in [-0.1, -0.05) is 12.1 Å². The standard InChI is InChI=1S/C15H13NOS/c1-10-6-7-15(18-10)13-8-11-4-3-5-14(17-2)12(11)9-16-13/h3-9H,1-2H3.